The molecule has 0 atom stereocenters. The largest absolute Gasteiger partial charge is 0.371 e. The number of nitrogens with zero attached hydrogens (tertiary/aromatic N) is 6. The highest BCUT2D eigenvalue weighted by molar-refractivity contribution is 6.40. The van der Waals surface area contributed by atoms with Crippen molar-refractivity contribution in [1.29, 1.82) is 0 Å². The molecular formula is C63H58N6O10. The lowest BCUT2D eigenvalue weighted by molar-refractivity contribution is 0.0605. The van der Waals surface area contributed by atoms with Crippen LogP contribution in [0.2, 0.25) is 0 Å². The minimum Gasteiger partial charge on any atom is -0.371 e. The minimum absolute atomic E-state index is 0.0162. The molecule has 2 aromatic heterocycles. The quantitative estimate of drug-likeness (QED) is 0.0586. The molecule has 0 bridgehead atoms. The average molecular weight is 1060 g/mol. The summed E-state index contributed by atoms with van der Waals surface area (Å²) in [5.74, 6) is -4.28. The molecule has 0 saturated carbocycles. The van der Waals surface area contributed by atoms with Gasteiger partial charge in [-0.05, 0) is 105 Å². The van der Waals surface area contributed by atoms with Crippen molar-refractivity contribution in [2.24, 2.45) is 0 Å². The SMILES string of the molecule is CCCCCCCCN1C(=O)c2ccc3c4c(ccc(c24)C1=O)C(=O)N(c1cc(N2C(=O)c4cccc5c(N6CCCCC6)ccc(c45)C2=O)cc(-n2c(=O)c4cc5c(=O)n(CCCCCCCC)c(=O)c5cc4c2=O)c1)C3=O. The number of aromatic nitrogens is 2. The highest BCUT2D eigenvalue weighted by atomic mass is 16.2. The summed E-state index contributed by atoms with van der Waals surface area (Å²) in [4.78, 5) is 151. The third-order valence-electron chi connectivity index (χ3n) is 16.7. The second-order valence-electron chi connectivity index (χ2n) is 21.5. The molecule has 4 aliphatic heterocycles. The van der Waals surface area contributed by atoms with Gasteiger partial charge in [-0.15, -0.1) is 0 Å². The standard InChI is InChI=1S/C63H58N6O10/c1-3-5-7-9-11-16-29-65-54(70)42-21-23-44-53-45(24-22-43(52(42)53)55(65)71)61(77)68(60(44)76)37-31-36(67-58(74)40-20-18-19-39-50(64-27-14-13-15-28-64)26-25-41(51(39)40)59(67)75)32-38(33-37)69-62(78)48-34-46-47(35-49(48)63(69)79)57(73)66(56(46)72)30-17-12-10-8-6-4-2/h18-26,31-35H,3-17,27-30H2,1-2H3. The fraction of sp³-hybridized carbons (Fsp3) is 0.333. The Kier molecular flexibility index (Phi) is 13.1. The van der Waals surface area contributed by atoms with E-state index in [9.17, 15) is 28.8 Å². The maximum absolute atomic E-state index is 15.1. The van der Waals surface area contributed by atoms with Crippen molar-refractivity contribution < 1.29 is 28.8 Å². The number of amides is 6. The Balaban J connectivity index is 0.975. The molecule has 16 nitrogen and oxygen atoms in total. The fourth-order valence-corrected chi connectivity index (χ4v) is 12.6. The number of piperidine rings is 1. The minimum atomic E-state index is -0.891. The molecule has 16 heteroatoms. The number of fused-ring (bicyclic) bond motifs is 2. The maximum Gasteiger partial charge on any atom is 0.266 e. The van der Waals surface area contributed by atoms with Gasteiger partial charge in [-0.1, -0.05) is 90.2 Å². The number of carbonyl (C=O) groups is 6. The lowest BCUT2D eigenvalue weighted by atomic mass is 9.85. The molecule has 12 rings (SSSR count). The van der Waals surface area contributed by atoms with Crippen molar-refractivity contribution in [2.45, 2.75) is 117 Å². The zero-order valence-corrected chi connectivity index (χ0v) is 44.3. The summed E-state index contributed by atoms with van der Waals surface area (Å²) in [6.45, 7) is 6.28. The first-order valence-electron chi connectivity index (χ1n) is 28.0. The van der Waals surface area contributed by atoms with E-state index in [1.165, 1.54) is 59.5 Å². The molecular weight excluding hydrogens is 1000 g/mol. The number of anilines is 3. The van der Waals surface area contributed by atoms with E-state index >= 15 is 19.2 Å². The van der Waals surface area contributed by atoms with E-state index in [0.29, 0.717) is 18.2 Å². The molecule has 400 valence electrons. The summed E-state index contributed by atoms with van der Waals surface area (Å²) < 4.78 is 1.92. The Morgan fingerprint density at radius 3 is 1.30 bits per heavy atom. The second-order valence-corrected chi connectivity index (χ2v) is 21.5. The van der Waals surface area contributed by atoms with E-state index in [1.807, 2.05) is 12.1 Å². The van der Waals surface area contributed by atoms with Crippen LogP contribution in [0.4, 0.5) is 17.1 Å². The van der Waals surface area contributed by atoms with Crippen molar-refractivity contribution in [3.05, 3.63) is 160 Å². The Labute approximate surface area is 453 Å². The zero-order chi connectivity index (χ0) is 55.0. The van der Waals surface area contributed by atoms with Gasteiger partial charge in [0, 0.05) is 86.8 Å². The van der Waals surface area contributed by atoms with Crippen LogP contribution in [-0.4, -0.2) is 69.1 Å². The summed E-state index contributed by atoms with van der Waals surface area (Å²) in [7, 11) is 0. The number of hydrogen-bond acceptors (Lipinski definition) is 11. The molecule has 6 heterocycles. The van der Waals surface area contributed by atoms with E-state index in [2.05, 4.69) is 18.7 Å². The smallest absolute Gasteiger partial charge is 0.266 e. The first-order valence-corrected chi connectivity index (χ1v) is 28.0. The predicted octanol–water partition coefficient (Wildman–Crippen LogP) is 10.1. The average Bonchev–Trinajstić information content (AvgIpc) is 3.89. The molecule has 0 spiro atoms. The Hall–Kier alpha value is -8.66. The molecule has 0 aliphatic carbocycles. The summed E-state index contributed by atoms with van der Waals surface area (Å²) in [5, 5.41) is 1.12. The van der Waals surface area contributed by atoms with Crippen LogP contribution in [0.3, 0.4) is 0 Å². The number of rotatable bonds is 18. The van der Waals surface area contributed by atoms with Gasteiger partial charge < -0.3 is 4.90 Å². The number of imide groups is 3. The first kappa shape index (κ1) is 51.1. The molecule has 1 saturated heterocycles. The van der Waals surface area contributed by atoms with Crippen molar-refractivity contribution in [3.63, 3.8) is 0 Å². The Bertz CT molecular complexity index is 4020. The van der Waals surface area contributed by atoms with E-state index in [4.69, 9.17) is 0 Å². The number of benzene rings is 6. The second kappa shape index (κ2) is 20.3. The van der Waals surface area contributed by atoms with Gasteiger partial charge in [-0.25, -0.2) is 14.4 Å². The summed E-state index contributed by atoms with van der Waals surface area (Å²) >= 11 is 0. The van der Waals surface area contributed by atoms with Crippen LogP contribution in [0.5, 0.6) is 0 Å². The van der Waals surface area contributed by atoms with Gasteiger partial charge in [0.05, 0.1) is 38.6 Å². The van der Waals surface area contributed by atoms with Crippen LogP contribution in [0.15, 0.2) is 104 Å². The van der Waals surface area contributed by atoms with E-state index in [0.717, 1.165) is 127 Å². The summed E-state index contributed by atoms with van der Waals surface area (Å²) in [6.07, 6.45) is 14.4. The van der Waals surface area contributed by atoms with Crippen LogP contribution in [0.1, 0.15) is 172 Å². The number of hydrogen-bond donors (Lipinski definition) is 0. The van der Waals surface area contributed by atoms with Crippen LogP contribution in [0, 0.1) is 0 Å². The molecule has 0 N–H and O–H groups in total. The van der Waals surface area contributed by atoms with Gasteiger partial charge in [0.2, 0.25) is 0 Å². The molecule has 0 unspecified atom stereocenters. The fourth-order valence-electron chi connectivity index (χ4n) is 12.6. The van der Waals surface area contributed by atoms with Crippen LogP contribution in [0.25, 0.3) is 48.8 Å². The summed E-state index contributed by atoms with van der Waals surface area (Å²) in [5.41, 5.74) is -1.96. The van der Waals surface area contributed by atoms with E-state index < -0.39 is 57.7 Å². The van der Waals surface area contributed by atoms with Gasteiger partial charge in [-0.3, -0.25) is 57.4 Å². The molecule has 6 aromatic carbocycles. The zero-order valence-electron chi connectivity index (χ0n) is 44.3. The van der Waals surface area contributed by atoms with Crippen molar-refractivity contribution in [3.8, 4) is 5.69 Å². The van der Waals surface area contributed by atoms with E-state index in [1.54, 1.807) is 18.2 Å². The number of carbonyl (C=O) groups excluding carboxylic acids is 6. The Morgan fingerprint density at radius 1 is 0.367 bits per heavy atom. The van der Waals surface area contributed by atoms with Crippen molar-refractivity contribution >= 4 is 95.6 Å². The predicted molar refractivity (Wildman–Crippen MR) is 305 cm³/mol. The topological polar surface area (TPSA) is 194 Å². The Morgan fingerprint density at radius 2 is 0.785 bits per heavy atom. The van der Waals surface area contributed by atoms with Gasteiger partial charge in [-0.2, -0.15) is 0 Å². The highest BCUT2D eigenvalue weighted by Gasteiger charge is 2.42. The van der Waals surface area contributed by atoms with Crippen LogP contribution >= 0.6 is 0 Å². The van der Waals surface area contributed by atoms with Crippen LogP contribution in [-0.2, 0) is 6.54 Å². The first-order chi connectivity index (χ1) is 38.3. The third-order valence-corrected chi connectivity index (χ3v) is 16.7. The summed E-state index contributed by atoms with van der Waals surface area (Å²) in [6, 6.07) is 20.9. The van der Waals surface area contributed by atoms with Gasteiger partial charge in [0.25, 0.3) is 57.7 Å². The molecule has 79 heavy (non-hydrogen) atoms. The number of unbranched alkanes of at least 4 members (excludes halogenated alkanes) is 10. The van der Waals surface area contributed by atoms with Gasteiger partial charge in [0.1, 0.15) is 0 Å². The van der Waals surface area contributed by atoms with Gasteiger partial charge in [0.15, 0.2) is 0 Å². The lowest BCUT2D eigenvalue weighted by Crippen LogP contribution is -2.44. The molecule has 0 radical (unpaired) electrons. The van der Waals surface area contributed by atoms with Crippen molar-refractivity contribution in [2.75, 3.05) is 34.3 Å². The van der Waals surface area contributed by atoms with Crippen molar-refractivity contribution in [1.82, 2.24) is 14.0 Å². The van der Waals surface area contributed by atoms with E-state index in [-0.39, 0.29) is 95.8 Å². The molecule has 6 amide bonds. The lowest BCUT2D eigenvalue weighted by Gasteiger charge is -2.33. The maximum atomic E-state index is 15.1. The molecule has 1 fully saturated rings. The van der Waals surface area contributed by atoms with Gasteiger partial charge >= 0.3 is 0 Å². The van der Waals surface area contributed by atoms with Crippen LogP contribution < -0.4 is 36.9 Å². The molecule has 8 aromatic rings. The monoisotopic (exact) mass is 1060 g/mol. The highest BCUT2D eigenvalue weighted by Crippen LogP contribution is 2.43. The third kappa shape index (κ3) is 8.16. The normalized spacial score (nSPS) is 15.4. The molecule has 4 aliphatic rings.